The molecule has 0 aromatic rings. The van der Waals surface area contributed by atoms with Crippen LogP contribution in [0.4, 0.5) is 0 Å². The smallest absolute Gasteiger partial charge is 0.211 e. The van der Waals surface area contributed by atoms with Gasteiger partial charge in [-0.25, -0.2) is 0 Å². The van der Waals surface area contributed by atoms with Gasteiger partial charge in [-0.3, -0.25) is 0 Å². The number of rotatable bonds is 7. The van der Waals surface area contributed by atoms with Gasteiger partial charge < -0.3 is 19.3 Å². The highest BCUT2D eigenvalue weighted by Crippen LogP contribution is 2.50. The largest absolute Gasteiger partial charge is 0.393 e. The Kier molecular flexibility index (Phi) is 7.64. The fourth-order valence-corrected chi connectivity index (χ4v) is 2.97. The van der Waals surface area contributed by atoms with E-state index in [0.29, 0.717) is 13.2 Å². The summed E-state index contributed by atoms with van der Waals surface area (Å²) in [5, 5.41) is 17.7. The molecule has 0 aliphatic rings. The van der Waals surface area contributed by atoms with Crippen LogP contribution in [-0.2, 0) is 20.9 Å². The highest BCUT2D eigenvalue weighted by Gasteiger charge is 2.13. The molecule has 2 N–H and O–H groups in total. The Hall–Kier alpha value is 0.230. The first-order valence-electron chi connectivity index (χ1n) is 4.45. The van der Waals surface area contributed by atoms with Crippen molar-refractivity contribution in [3.63, 3.8) is 0 Å². The molecule has 0 bridgehead atoms. The van der Waals surface area contributed by atoms with E-state index < -0.39 is 12.6 Å². The summed E-state index contributed by atoms with van der Waals surface area (Å²) in [6.45, 7) is 1.86. The van der Waals surface area contributed by atoms with E-state index in [1.807, 2.05) is 13.8 Å². The van der Waals surface area contributed by atoms with Crippen LogP contribution in [-0.4, -0.2) is 36.1 Å². The van der Waals surface area contributed by atoms with Crippen LogP contribution < -0.4 is 0 Å². The predicted molar refractivity (Wildman–Crippen MR) is 59.8 cm³/mol. The van der Waals surface area contributed by atoms with E-state index in [2.05, 4.69) is 0 Å². The molecule has 14 heavy (non-hydrogen) atoms. The van der Waals surface area contributed by atoms with Crippen molar-refractivity contribution in [3.8, 4) is 0 Å². The summed E-state index contributed by atoms with van der Waals surface area (Å²) in [6.07, 6.45) is 0.504. The molecule has 0 rings (SSSR count). The van der Waals surface area contributed by atoms with Crippen LogP contribution in [0.15, 0.2) is 11.9 Å². The highest BCUT2D eigenvalue weighted by molar-refractivity contribution is 8.11. The third-order valence-electron chi connectivity index (χ3n) is 1.30. The Morgan fingerprint density at radius 2 is 1.86 bits per heavy atom. The van der Waals surface area contributed by atoms with Crippen molar-refractivity contribution in [3.05, 3.63) is 11.9 Å². The molecule has 84 valence electrons. The lowest BCUT2D eigenvalue weighted by molar-refractivity contribution is 0.131. The van der Waals surface area contributed by atoms with Crippen LogP contribution in [0.25, 0.3) is 0 Å². The van der Waals surface area contributed by atoms with Gasteiger partial charge >= 0.3 is 0 Å². The molecule has 0 saturated carbocycles. The number of aliphatic hydroxyl groups excluding tert-OH is 2. The summed E-state index contributed by atoms with van der Waals surface area (Å²) in [5.41, 5.74) is 0. The monoisotopic (exact) mass is 240 g/mol. The van der Waals surface area contributed by atoms with Gasteiger partial charge in [0.25, 0.3) is 0 Å². The molecule has 0 aliphatic carbocycles. The minimum Gasteiger partial charge on any atom is -0.393 e. The van der Waals surface area contributed by atoms with Crippen LogP contribution in [0.1, 0.15) is 13.8 Å². The van der Waals surface area contributed by atoms with Crippen LogP contribution in [0.3, 0.4) is 0 Å². The van der Waals surface area contributed by atoms with Crippen molar-refractivity contribution in [2.75, 3.05) is 19.8 Å². The normalized spacial score (nSPS) is 14.9. The van der Waals surface area contributed by atoms with E-state index in [1.165, 1.54) is 11.9 Å². The molecule has 0 amide bonds. The van der Waals surface area contributed by atoms with E-state index in [9.17, 15) is 0 Å². The van der Waals surface area contributed by atoms with Crippen LogP contribution in [0.2, 0.25) is 0 Å². The van der Waals surface area contributed by atoms with Gasteiger partial charge in [-0.05, 0) is 37.5 Å². The minimum absolute atomic E-state index is 0.329. The van der Waals surface area contributed by atoms with Gasteiger partial charge in [-0.1, -0.05) is 0 Å². The lowest BCUT2D eigenvalue weighted by atomic mass is 10.4. The van der Waals surface area contributed by atoms with E-state index >= 15 is 0 Å². The maximum Gasteiger partial charge on any atom is 0.211 e. The Balaban J connectivity index is 4.35. The topological polar surface area (TPSA) is 58.9 Å². The molecule has 0 unspecified atom stereocenters. The number of hydrogen-bond donors (Lipinski definition) is 2. The second-order valence-corrected chi connectivity index (χ2v) is 5.89. The fourth-order valence-electron chi connectivity index (χ4n) is 0.749. The Bertz CT molecular complexity index is 209. The predicted octanol–water partition coefficient (Wildman–Crippen LogP) is 1.24. The zero-order chi connectivity index (χ0) is 11.0. The zero-order valence-electron chi connectivity index (χ0n) is 8.42. The molecular weight excluding hydrogens is 223 g/mol. The Morgan fingerprint density at radius 1 is 1.36 bits per heavy atom. The lowest BCUT2D eigenvalue weighted by Gasteiger charge is -2.17. The molecule has 1 atom stereocenters. The summed E-state index contributed by atoms with van der Waals surface area (Å²) in [7, 11) is 0. The maximum atomic E-state index is 9.08. The second-order valence-electron chi connectivity index (χ2n) is 2.47. The van der Waals surface area contributed by atoms with E-state index in [-0.39, 0.29) is 6.61 Å². The van der Waals surface area contributed by atoms with Crippen LogP contribution >= 0.6 is 6.49 Å². The molecule has 0 heterocycles. The number of hydrogen-bond acceptors (Lipinski definition) is 5. The molecule has 4 nitrogen and oxygen atoms in total. The first kappa shape index (κ1) is 14.2. The molecule has 6 heteroatoms. The summed E-state index contributed by atoms with van der Waals surface area (Å²) in [5.74, 6) is 1.54. The SMILES string of the molecule is CCOP(=S)(/C=C/[C@H](O)CO)OCC. The van der Waals surface area contributed by atoms with E-state index in [1.54, 1.807) is 0 Å². The fraction of sp³-hybridized carbons (Fsp3) is 0.750. The molecular formula is C8H17O4PS. The van der Waals surface area contributed by atoms with Crippen molar-refractivity contribution >= 4 is 18.3 Å². The second kappa shape index (κ2) is 7.51. The first-order chi connectivity index (χ1) is 6.58. The average molecular weight is 240 g/mol. The lowest BCUT2D eigenvalue weighted by Crippen LogP contribution is -2.07. The van der Waals surface area contributed by atoms with Crippen molar-refractivity contribution in [2.24, 2.45) is 0 Å². The van der Waals surface area contributed by atoms with Gasteiger partial charge in [0.05, 0.1) is 25.9 Å². The maximum absolute atomic E-state index is 9.08. The van der Waals surface area contributed by atoms with Crippen molar-refractivity contribution < 1.29 is 19.3 Å². The molecule has 0 aromatic heterocycles. The third-order valence-corrected chi connectivity index (χ3v) is 4.07. The van der Waals surface area contributed by atoms with Gasteiger partial charge in [-0.15, -0.1) is 0 Å². The van der Waals surface area contributed by atoms with Crippen molar-refractivity contribution in [1.82, 2.24) is 0 Å². The van der Waals surface area contributed by atoms with Crippen LogP contribution in [0, 0.1) is 0 Å². The average Bonchev–Trinajstić information content (AvgIpc) is 2.15. The third kappa shape index (κ3) is 5.86. The van der Waals surface area contributed by atoms with Gasteiger partial charge in [0.15, 0.2) is 0 Å². The van der Waals surface area contributed by atoms with Gasteiger partial charge in [0.2, 0.25) is 6.49 Å². The van der Waals surface area contributed by atoms with Gasteiger partial charge in [0.1, 0.15) is 0 Å². The summed E-state index contributed by atoms with van der Waals surface area (Å²) >= 11 is 5.15. The van der Waals surface area contributed by atoms with Crippen molar-refractivity contribution in [2.45, 2.75) is 20.0 Å². The van der Waals surface area contributed by atoms with Gasteiger partial charge in [0, 0.05) is 0 Å². The summed E-state index contributed by atoms with van der Waals surface area (Å²) in [6, 6.07) is 0. The van der Waals surface area contributed by atoms with E-state index in [0.717, 1.165) is 0 Å². The summed E-state index contributed by atoms with van der Waals surface area (Å²) in [4.78, 5) is 0. The quantitative estimate of drug-likeness (QED) is 0.656. The van der Waals surface area contributed by atoms with Gasteiger partial charge in [-0.2, -0.15) is 0 Å². The molecule has 0 spiro atoms. The van der Waals surface area contributed by atoms with Crippen molar-refractivity contribution in [1.29, 1.82) is 0 Å². The highest BCUT2D eigenvalue weighted by atomic mass is 32.5. The molecule has 0 fully saturated rings. The molecule has 0 radical (unpaired) electrons. The zero-order valence-corrected chi connectivity index (χ0v) is 10.1. The first-order valence-corrected chi connectivity index (χ1v) is 7.15. The van der Waals surface area contributed by atoms with Crippen LogP contribution in [0.5, 0.6) is 0 Å². The molecule has 0 saturated heterocycles. The standard InChI is InChI=1S/C8H17O4PS/c1-3-11-13(14,12-4-2)6-5-8(10)7-9/h5-6,8-10H,3-4,7H2,1-2H3/b6-5+/t8-/m0/s1. The van der Waals surface area contributed by atoms with E-state index in [4.69, 9.17) is 31.1 Å². The molecule has 0 aromatic carbocycles. The minimum atomic E-state index is -2.40. The Morgan fingerprint density at radius 3 is 2.21 bits per heavy atom. The molecule has 0 aliphatic heterocycles. The summed E-state index contributed by atoms with van der Waals surface area (Å²) < 4.78 is 10.6. The number of aliphatic hydroxyl groups is 2. The Labute approximate surface area is 89.7 Å².